The Morgan fingerprint density at radius 3 is 2.70 bits per heavy atom. The molecule has 0 aliphatic rings. The zero-order valence-corrected chi connectivity index (χ0v) is 13.1. The molecule has 0 fully saturated rings. The fraction of sp³-hybridized carbons (Fsp3) is 0.200. The van der Waals surface area contributed by atoms with Crippen LogP contribution in [0.4, 0.5) is 18.9 Å². The van der Waals surface area contributed by atoms with E-state index >= 15 is 0 Å². The lowest BCUT2D eigenvalue weighted by Gasteiger charge is -2.16. The molecule has 8 heteroatoms. The topological polar surface area (TPSA) is 41.9 Å². The van der Waals surface area contributed by atoms with Gasteiger partial charge in [-0.05, 0) is 43.4 Å². The average molecular weight is 340 g/mol. The Morgan fingerprint density at radius 1 is 1.39 bits per heavy atom. The molecular weight excluding hydrogens is 325 g/mol. The van der Waals surface area contributed by atoms with Gasteiger partial charge in [0.05, 0.1) is 16.9 Å². The molecule has 1 aromatic heterocycles. The first-order valence-corrected chi connectivity index (χ1v) is 7.08. The van der Waals surface area contributed by atoms with E-state index in [1.807, 2.05) is 6.92 Å². The number of rotatable bonds is 4. The Morgan fingerprint density at radius 2 is 2.13 bits per heavy atom. The average Bonchev–Trinajstić information content (AvgIpc) is 2.98. The van der Waals surface area contributed by atoms with E-state index in [2.05, 4.69) is 22.3 Å². The number of benzene rings is 1. The van der Waals surface area contributed by atoms with E-state index < -0.39 is 11.7 Å². The summed E-state index contributed by atoms with van der Waals surface area (Å²) in [5.74, 6) is 0. The third-order valence-electron chi connectivity index (χ3n) is 2.87. The highest BCUT2D eigenvalue weighted by Gasteiger charge is 2.31. The second-order valence-electron chi connectivity index (χ2n) is 4.95. The van der Waals surface area contributed by atoms with Crippen LogP contribution in [0.5, 0.6) is 0 Å². The zero-order chi connectivity index (χ0) is 17.0. The van der Waals surface area contributed by atoms with E-state index in [-0.39, 0.29) is 10.8 Å². The quantitative estimate of drug-likeness (QED) is 0.657. The third-order valence-corrected chi connectivity index (χ3v) is 3.12. The van der Waals surface area contributed by atoms with Crippen molar-refractivity contribution in [3.05, 3.63) is 54.4 Å². The van der Waals surface area contributed by atoms with E-state index in [1.165, 1.54) is 10.7 Å². The molecule has 23 heavy (non-hydrogen) atoms. The van der Waals surface area contributed by atoms with Crippen molar-refractivity contribution >= 4 is 23.0 Å². The molecule has 1 aromatic carbocycles. The Labute approximate surface area is 137 Å². The van der Waals surface area contributed by atoms with Gasteiger partial charge in [-0.2, -0.15) is 18.3 Å². The van der Waals surface area contributed by atoms with Gasteiger partial charge in [0.25, 0.3) is 0 Å². The van der Waals surface area contributed by atoms with Gasteiger partial charge < -0.3 is 10.6 Å². The van der Waals surface area contributed by atoms with Gasteiger partial charge in [-0.3, -0.25) is 0 Å². The maximum absolute atomic E-state index is 12.9. The van der Waals surface area contributed by atoms with Gasteiger partial charge in [0.15, 0.2) is 5.11 Å². The molecular formula is C15H15F3N4S. The standard InChI is InChI=1S/C15H15F3N4S/c1-10(2)9-19-14(23)21-12-8-11(15(16,17)18)4-5-13(12)22-7-3-6-20-22/h3-8H,1,9H2,2H3,(H2,19,21,23). The van der Waals surface area contributed by atoms with Gasteiger partial charge in [0, 0.05) is 18.9 Å². The van der Waals surface area contributed by atoms with E-state index in [0.717, 1.165) is 17.7 Å². The minimum atomic E-state index is -4.44. The van der Waals surface area contributed by atoms with Gasteiger partial charge in [-0.1, -0.05) is 12.2 Å². The second-order valence-corrected chi connectivity index (χ2v) is 5.35. The first-order valence-electron chi connectivity index (χ1n) is 6.68. The summed E-state index contributed by atoms with van der Waals surface area (Å²) in [5.41, 5.74) is 0.759. The number of hydrogen-bond acceptors (Lipinski definition) is 2. The molecule has 0 unspecified atom stereocenters. The summed E-state index contributed by atoms with van der Waals surface area (Å²) in [7, 11) is 0. The highest BCUT2D eigenvalue weighted by molar-refractivity contribution is 7.80. The van der Waals surface area contributed by atoms with Crippen molar-refractivity contribution in [1.29, 1.82) is 0 Å². The summed E-state index contributed by atoms with van der Waals surface area (Å²) >= 11 is 5.11. The third kappa shape index (κ3) is 4.56. The van der Waals surface area contributed by atoms with E-state index in [9.17, 15) is 13.2 Å². The molecule has 0 saturated heterocycles. The van der Waals surface area contributed by atoms with E-state index in [0.29, 0.717) is 12.2 Å². The van der Waals surface area contributed by atoms with E-state index in [1.54, 1.807) is 18.5 Å². The first kappa shape index (κ1) is 17.0. The molecule has 2 rings (SSSR count). The normalized spacial score (nSPS) is 11.1. The van der Waals surface area contributed by atoms with Gasteiger partial charge in [-0.15, -0.1) is 0 Å². The number of halogens is 3. The van der Waals surface area contributed by atoms with Gasteiger partial charge in [0.2, 0.25) is 0 Å². The fourth-order valence-electron chi connectivity index (χ4n) is 1.82. The molecule has 1 heterocycles. The van der Waals surface area contributed by atoms with Crippen molar-refractivity contribution < 1.29 is 13.2 Å². The van der Waals surface area contributed by atoms with Crippen molar-refractivity contribution in [3.8, 4) is 5.69 Å². The number of alkyl halides is 3. The molecule has 0 spiro atoms. The van der Waals surface area contributed by atoms with Crippen LogP contribution in [0.25, 0.3) is 5.69 Å². The Kier molecular flexibility index (Phi) is 5.05. The van der Waals surface area contributed by atoms with Crippen LogP contribution >= 0.6 is 12.2 Å². The molecule has 4 nitrogen and oxygen atoms in total. The van der Waals surface area contributed by atoms with Crippen LogP contribution in [0, 0.1) is 0 Å². The number of nitrogens with zero attached hydrogens (tertiary/aromatic N) is 2. The van der Waals surface area contributed by atoms with Gasteiger partial charge in [-0.25, -0.2) is 4.68 Å². The van der Waals surface area contributed by atoms with Crippen molar-refractivity contribution in [1.82, 2.24) is 15.1 Å². The molecule has 2 aromatic rings. The summed E-state index contributed by atoms with van der Waals surface area (Å²) in [6, 6.07) is 5.04. The van der Waals surface area contributed by atoms with Gasteiger partial charge in [0.1, 0.15) is 0 Å². The minimum Gasteiger partial charge on any atom is -0.359 e. The Balaban J connectivity index is 2.33. The zero-order valence-electron chi connectivity index (χ0n) is 12.3. The Hall–Kier alpha value is -2.35. The molecule has 0 atom stereocenters. The van der Waals surface area contributed by atoms with Crippen molar-refractivity contribution in [2.75, 3.05) is 11.9 Å². The molecule has 0 amide bonds. The van der Waals surface area contributed by atoms with E-state index in [4.69, 9.17) is 12.2 Å². The lowest BCUT2D eigenvalue weighted by molar-refractivity contribution is -0.137. The second kappa shape index (κ2) is 6.82. The van der Waals surface area contributed by atoms with Crippen LogP contribution in [0.2, 0.25) is 0 Å². The number of anilines is 1. The number of aromatic nitrogens is 2. The van der Waals surface area contributed by atoms with Crippen LogP contribution < -0.4 is 10.6 Å². The summed E-state index contributed by atoms with van der Waals surface area (Å²) < 4.78 is 40.2. The molecule has 0 saturated carbocycles. The van der Waals surface area contributed by atoms with Crippen molar-refractivity contribution in [3.63, 3.8) is 0 Å². The highest BCUT2D eigenvalue weighted by atomic mass is 32.1. The summed E-state index contributed by atoms with van der Waals surface area (Å²) in [6.07, 6.45) is -1.26. The first-order chi connectivity index (χ1) is 10.8. The van der Waals surface area contributed by atoms with Crippen LogP contribution in [0.3, 0.4) is 0 Å². The summed E-state index contributed by atoms with van der Waals surface area (Å²) in [4.78, 5) is 0. The fourth-order valence-corrected chi connectivity index (χ4v) is 2.00. The molecule has 0 bridgehead atoms. The predicted molar refractivity (Wildman–Crippen MR) is 87.6 cm³/mol. The lowest BCUT2D eigenvalue weighted by atomic mass is 10.1. The van der Waals surface area contributed by atoms with Crippen molar-refractivity contribution in [2.45, 2.75) is 13.1 Å². The van der Waals surface area contributed by atoms with Crippen LogP contribution in [0.1, 0.15) is 12.5 Å². The monoisotopic (exact) mass is 340 g/mol. The number of thiocarbonyl (C=S) groups is 1. The molecule has 122 valence electrons. The van der Waals surface area contributed by atoms with Crippen LogP contribution in [-0.4, -0.2) is 21.4 Å². The predicted octanol–water partition coefficient (Wildman–Crippen LogP) is 3.75. The summed E-state index contributed by atoms with van der Waals surface area (Å²) in [5, 5.41) is 9.90. The number of nitrogens with one attached hydrogen (secondary N) is 2. The molecule has 2 N–H and O–H groups in total. The van der Waals surface area contributed by atoms with Gasteiger partial charge >= 0.3 is 6.18 Å². The maximum Gasteiger partial charge on any atom is 0.416 e. The number of hydrogen-bond donors (Lipinski definition) is 2. The van der Waals surface area contributed by atoms with Crippen molar-refractivity contribution in [2.24, 2.45) is 0 Å². The van der Waals surface area contributed by atoms with Crippen LogP contribution in [-0.2, 0) is 6.18 Å². The highest BCUT2D eigenvalue weighted by Crippen LogP contribution is 2.33. The SMILES string of the molecule is C=C(C)CNC(=S)Nc1cc(C(F)(F)F)ccc1-n1cccn1. The summed E-state index contributed by atoms with van der Waals surface area (Å²) in [6.45, 7) is 5.97. The molecule has 0 radical (unpaired) electrons. The lowest BCUT2D eigenvalue weighted by Crippen LogP contribution is -2.30. The minimum absolute atomic E-state index is 0.209. The smallest absolute Gasteiger partial charge is 0.359 e. The molecule has 0 aliphatic heterocycles. The Bertz CT molecular complexity index is 708. The largest absolute Gasteiger partial charge is 0.416 e. The van der Waals surface area contributed by atoms with Crippen LogP contribution in [0.15, 0.2) is 48.8 Å². The molecule has 0 aliphatic carbocycles. The maximum atomic E-state index is 12.9.